The van der Waals surface area contributed by atoms with E-state index < -0.39 is 17.7 Å². The van der Waals surface area contributed by atoms with E-state index in [0.717, 1.165) is 19.4 Å². The monoisotopic (exact) mass is 311 g/mol. The molecule has 0 saturated carbocycles. The molecule has 2 N–H and O–H groups in total. The molecule has 0 aromatic heterocycles. The van der Waals surface area contributed by atoms with Gasteiger partial charge in [0.05, 0.1) is 6.04 Å². The van der Waals surface area contributed by atoms with Gasteiger partial charge in [0.2, 0.25) is 5.91 Å². The van der Waals surface area contributed by atoms with Crippen molar-refractivity contribution in [2.24, 2.45) is 0 Å². The molecular weight excluding hydrogens is 288 g/mol. The smallest absolute Gasteiger partial charge is 0.221 e. The van der Waals surface area contributed by atoms with Crippen molar-refractivity contribution in [3.05, 3.63) is 35.4 Å². The molecule has 1 aliphatic rings. The number of likely N-dealkylation sites (N-methyl/N-ethyl adjacent to an activating group) is 1. The van der Waals surface area contributed by atoms with Crippen molar-refractivity contribution >= 4 is 5.91 Å². The Morgan fingerprint density at radius 3 is 2.64 bits per heavy atom. The van der Waals surface area contributed by atoms with Crippen LogP contribution in [0, 0.1) is 11.6 Å². The van der Waals surface area contributed by atoms with Gasteiger partial charge in [0.25, 0.3) is 0 Å². The molecule has 4 nitrogen and oxygen atoms in total. The number of nitrogens with zero attached hydrogens (tertiary/aromatic N) is 1. The van der Waals surface area contributed by atoms with E-state index in [4.69, 9.17) is 0 Å². The van der Waals surface area contributed by atoms with Crippen LogP contribution in [0.15, 0.2) is 18.2 Å². The zero-order valence-corrected chi connectivity index (χ0v) is 13.0. The van der Waals surface area contributed by atoms with Crippen molar-refractivity contribution in [3.63, 3.8) is 0 Å². The summed E-state index contributed by atoms with van der Waals surface area (Å²) in [4.78, 5) is 13.7. The average Bonchev–Trinajstić information content (AvgIpc) is 2.94. The SMILES string of the molecule is CN(C)C(CNC(=O)CC1CCCN1)c1c(F)cccc1F. The summed E-state index contributed by atoms with van der Waals surface area (Å²) in [5.41, 5.74) is -0.00760. The average molecular weight is 311 g/mol. The maximum atomic E-state index is 13.9. The molecule has 1 heterocycles. The van der Waals surface area contributed by atoms with Crippen LogP contribution in [0.4, 0.5) is 8.78 Å². The highest BCUT2D eigenvalue weighted by molar-refractivity contribution is 5.76. The van der Waals surface area contributed by atoms with Gasteiger partial charge in [0.1, 0.15) is 11.6 Å². The molecule has 0 radical (unpaired) electrons. The van der Waals surface area contributed by atoms with Crippen molar-refractivity contribution in [2.45, 2.75) is 31.3 Å². The van der Waals surface area contributed by atoms with Crippen molar-refractivity contribution in [3.8, 4) is 0 Å². The highest BCUT2D eigenvalue weighted by Gasteiger charge is 2.23. The minimum atomic E-state index is -0.592. The van der Waals surface area contributed by atoms with Gasteiger partial charge >= 0.3 is 0 Å². The normalized spacial score (nSPS) is 19.4. The fourth-order valence-corrected chi connectivity index (χ4v) is 2.81. The number of hydrogen-bond donors (Lipinski definition) is 2. The first kappa shape index (κ1) is 16.8. The second-order valence-electron chi connectivity index (χ2n) is 5.92. The van der Waals surface area contributed by atoms with Gasteiger partial charge in [0, 0.05) is 24.6 Å². The Kier molecular flexibility index (Phi) is 5.85. The number of nitrogens with one attached hydrogen (secondary N) is 2. The molecule has 0 bridgehead atoms. The van der Waals surface area contributed by atoms with E-state index in [1.807, 2.05) is 0 Å². The van der Waals surface area contributed by atoms with Crippen LogP contribution in [0.1, 0.15) is 30.9 Å². The lowest BCUT2D eigenvalue weighted by Gasteiger charge is -2.26. The molecule has 0 spiro atoms. The number of rotatable bonds is 6. The molecule has 22 heavy (non-hydrogen) atoms. The zero-order chi connectivity index (χ0) is 16.1. The lowest BCUT2D eigenvalue weighted by atomic mass is 10.0. The summed E-state index contributed by atoms with van der Waals surface area (Å²) < 4.78 is 27.8. The molecule has 2 unspecified atom stereocenters. The topological polar surface area (TPSA) is 44.4 Å². The molecule has 1 aromatic rings. The number of carbonyl (C=O) groups is 1. The number of carbonyl (C=O) groups excluding carboxylic acids is 1. The van der Waals surface area contributed by atoms with Crippen molar-refractivity contribution < 1.29 is 13.6 Å². The lowest BCUT2D eigenvalue weighted by molar-refractivity contribution is -0.121. The molecule has 6 heteroatoms. The number of halogens is 2. The van der Waals surface area contributed by atoms with Crippen LogP contribution in [-0.2, 0) is 4.79 Å². The molecule has 0 aliphatic carbocycles. The second kappa shape index (κ2) is 7.65. The summed E-state index contributed by atoms with van der Waals surface area (Å²) >= 11 is 0. The van der Waals surface area contributed by atoms with Crippen LogP contribution in [0.3, 0.4) is 0 Å². The van der Waals surface area contributed by atoms with Crippen molar-refractivity contribution in [1.29, 1.82) is 0 Å². The maximum Gasteiger partial charge on any atom is 0.221 e. The lowest BCUT2D eigenvalue weighted by Crippen LogP contribution is -2.38. The Labute approximate surface area is 129 Å². The minimum Gasteiger partial charge on any atom is -0.354 e. The molecule has 1 aliphatic heterocycles. The predicted octanol–water partition coefficient (Wildman–Crippen LogP) is 1.83. The van der Waals surface area contributed by atoms with Gasteiger partial charge in [0.15, 0.2) is 0 Å². The highest BCUT2D eigenvalue weighted by atomic mass is 19.1. The first-order valence-corrected chi connectivity index (χ1v) is 7.59. The van der Waals surface area contributed by atoms with Gasteiger partial charge in [-0.15, -0.1) is 0 Å². The summed E-state index contributed by atoms with van der Waals surface area (Å²) in [6.07, 6.45) is 2.48. The van der Waals surface area contributed by atoms with Gasteiger partial charge in [-0.25, -0.2) is 8.78 Å². The van der Waals surface area contributed by atoms with E-state index in [1.165, 1.54) is 18.2 Å². The van der Waals surface area contributed by atoms with Gasteiger partial charge in [-0.1, -0.05) is 6.07 Å². The molecular formula is C16H23F2N3O. The second-order valence-corrected chi connectivity index (χ2v) is 5.92. The Hall–Kier alpha value is -1.53. The molecule has 1 amide bonds. The Balaban J connectivity index is 1.98. The Morgan fingerprint density at radius 2 is 2.09 bits per heavy atom. The van der Waals surface area contributed by atoms with Crippen LogP contribution >= 0.6 is 0 Å². The van der Waals surface area contributed by atoms with E-state index in [0.29, 0.717) is 6.42 Å². The predicted molar refractivity (Wildman–Crippen MR) is 81.4 cm³/mol. The number of benzene rings is 1. The first-order valence-electron chi connectivity index (χ1n) is 7.59. The van der Waals surface area contributed by atoms with Crippen molar-refractivity contribution in [2.75, 3.05) is 27.2 Å². The van der Waals surface area contributed by atoms with Crippen LogP contribution in [0.25, 0.3) is 0 Å². The van der Waals surface area contributed by atoms with Crippen LogP contribution in [0.2, 0.25) is 0 Å². The quantitative estimate of drug-likeness (QED) is 0.842. The number of amides is 1. The first-order chi connectivity index (χ1) is 10.5. The summed E-state index contributed by atoms with van der Waals surface area (Å²) in [6.45, 7) is 1.12. The zero-order valence-electron chi connectivity index (χ0n) is 13.0. The van der Waals surface area contributed by atoms with Crippen LogP contribution in [0.5, 0.6) is 0 Å². The molecule has 1 saturated heterocycles. The van der Waals surface area contributed by atoms with Gasteiger partial charge < -0.3 is 15.5 Å². The van der Waals surface area contributed by atoms with E-state index in [2.05, 4.69) is 10.6 Å². The number of hydrogen-bond acceptors (Lipinski definition) is 3. The standard InChI is InChI=1S/C16H23F2N3O/c1-21(2)14(16-12(17)6-3-7-13(16)18)10-20-15(22)9-11-5-4-8-19-11/h3,6-7,11,14,19H,4-5,8-10H2,1-2H3,(H,20,22). The third-order valence-corrected chi connectivity index (χ3v) is 4.04. The van der Waals surface area contributed by atoms with E-state index >= 15 is 0 Å². The molecule has 122 valence electrons. The third-order valence-electron chi connectivity index (χ3n) is 4.04. The third kappa shape index (κ3) is 4.24. The molecule has 1 fully saturated rings. The fraction of sp³-hybridized carbons (Fsp3) is 0.562. The van der Waals surface area contributed by atoms with E-state index in [1.54, 1.807) is 19.0 Å². The Morgan fingerprint density at radius 1 is 1.41 bits per heavy atom. The molecule has 2 rings (SSSR count). The minimum absolute atomic E-state index is 0.00760. The van der Waals surface area contributed by atoms with Gasteiger partial charge in [-0.2, -0.15) is 0 Å². The van der Waals surface area contributed by atoms with Gasteiger partial charge in [-0.3, -0.25) is 4.79 Å². The van der Waals surface area contributed by atoms with Gasteiger partial charge in [-0.05, 0) is 45.6 Å². The van der Waals surface area contributed by atoms with Crippen molar-refractivity contribution in [1.82, 2.24) is 15.5 Å². The summed E-state index contributed by atoms with van der Waals surface area (Å²) in [5, 5.41) is 6.05. The fourth-order valence-electron chi connectivity index (χ4n) is 2.81. The highest BCUT2D eigenvalue weighted by Crippen LogP contribution is 2.24. The van der Waals surface area contributed by atoms with Crippen LogP contribution < -0.4 is 10.6 Å². The Bertz CT molecular complexity index is 496. The van der Waals surface area contributed by atoms with E-state index in [9.17, 15) is 13.6 Å². The van der Waals surface area contributed by atoms with Crippen LogP contribution in [-0.4, -0.2) is 44.0 Å². The maximum absolute atomic E-state index is 13.9. The van der Waals surface area contributed by atoms with E-state index in [-0.39, 0.29) is 24.1 Å². The summed E-state index contributed by atoms with van der Waals surface area (Å²) in [7, 11) is 3.47. The molecule has 2 atom stereocenters. The molecule has 1 aromatic carbocycles. The largest absolute Gasteiger partial charge is 0.354 e. The summed E-state index contributed by atoms with van der Waals surface area (Å²) in [5.74, 6) is -1.28. The summed E-state index contributed by atoms with van der Waals surface area (Å²) in [6, 6.07) is 3.48.